The molecule has 154 valence electrons. The zero-order valence-electron chi connectivity index (χ0n) is 16.8. The molecule has 2 aromatic carbocycles. The van der Waals surface area contributed by atoms with Crippen molar-refractivity contribution in [3.05, 3.63) is 60.7 Å². The summed E-state index contributed by atoms with van der Waals surface area (Å²) in [5, 5.41) is 5.23. The highest BCUT2D eigenvalue weighted by Crippen LogP contribution is 2.06. The minimum absolute atomic E-state index is 0.0606. The van der Waals surface area contributed by atoms with E-state index in [0.29, 0.717) is 11.4 Å². The van der Waals surface area contributed by atoms with Crippen molar-refractivity contribution >= 4 is 41.0 Å². The van der Waals surface area contributed by atoms with Crippen LogP contribution in [0.2, 0.25) is 0 Å². The van der Waals surface area contributed by atoms with Crippen molar-refractivity contribution in [2.75, 3.05) is 10.6 Å². The third kappa shape index (κ3) is 15.2. The van der Waals surface area contributed by atoms with Crippen LogP contribution >= 0.6 is 0 Å². The molecule has 0 aliphatic heterocycles. The molecule has 0 aromatic heterocycles. The smallest absolute Gasteiger partial charge is 0.231 e. The van der Waals surface area contributed by atoms with Gasteiger partial charge in [0, 0.05) is 11.4 Å². The molecule has 2 aromatic rings. The third-order valence-electron chi connectivity index (χ3n) is 2.93. The van der Waals surface area contributed by atoms with Crippen LogP contribution < -0.4 is 10.6 Å². The number of hydrogen-bond acceptors (Lipinski definition) is 5. The molecule has 0 bridgehead atoms. The highest BCUT2D eigenvalue weighted by molar-refractivity contribution is 6.04. The van der Waals surface area contributed by atoms with Gasteiger partial charge in [0.05, 0.1) is 12.8 Å². The molecule has 2 N–H and O–H groups in total. The Morgan fingerprint density at radius 3 is 1.21 bits per heavy atom. The van der Waals surface area contributed by atoms with E-state index in [4.69, 9.17) is 4.79 Å². The molecule has 0 aliphatic rings. The minimum atomic E-state index is -0.265. The highest BCUT2D eigenvalue weighted by atomic mass is 16.2. The van der Waals surface area contributed by atoms with Crippen LogP contribution in [0.5, 0.6) is 0 Å². The first kappa shape index (κ1) is 25.4. The van der Waals surface area contributed by atoms with Crippen molar-refractivity contribution in [2.24, 2.45) is 0 Å². The Morgan fingerprint density at radius 1 is 0.690 bits per heavy atom. The SMILES string of the molecule is CC(=O)CC(=O)Nc1ccccc1.CC(=O)CC(=O)Nc1ccccc1.CC=O. The van der Waals surface area contributed by atoms with Gasteiger partial charge in [-0.2, -0.15) is 0 Å². The number of benzene rings is 2. The fraction of sp³-hybridized carbons (Fsp3) is 0.227. The van der Waals surface area contributed by atoms with Crippen molar-refractivity contribution in [1.29, 1.82) is 0 Å². The molecule has 0 saturated carbocycles. The van der Waals surface area contributed by atoms with Gasteiger partial charge in [-0.15, -0.1) is 0 Å². The molecule has 0 atom stereocenters. The van der Waals surface area contributed by atoms with Crippen molar-refractivity contribution < 1.29 is 24.0 Å². The molecule has 0 aliphatic carbocycles. The Morgan fingerprint density at radius 2 is 0.966 bits per heavy atom. The maximum atomic E-state index is 11.1. The van der Waals surface area contributed by atoms with Gasteiger partial charge in [-0.3, -0.25) is 19.2 Å². The Hall–Kier alpha value is -3.61. The number of Topliss-reactive ketones (excluding diaryl/α,β-unsaturated/α-hetero) is 2. The van der Waals surface area contributed by atoms with Gasteiger partial charge in [0.25, 0.3) is 0 Å². The van der Waals surface area contributed by atoms with E-state index in [0.717, 1.165) is 6.29 Å². The van der Waals surface area contributed by atoms with Gasteiger partial charge >= 0.3 is 0 Å². The summed E-state index contributed by atoms with van der Waals surface area (Å²) < 4.78 is 0. The number of anilines is 2. The summed E-state index contributed by atoms with van der Waals surface area (Å²) >= 11 is 0. The number of amides is 2. The Bertz CT molecular complexity index is 724. The first-order chi connectivity index (χ1) is 13.8. The number of rotatable bonds is 6. The van der Waals surface area contributed by atoms with Crippen molar-refractivity contribution in [3.63, 3.8) is 0 Å². The van der Waals surface area contributed by atoms with Gasteiger partial charge < -0.3 is 15.4 Å². The third-order valence-corrected chi connectivity index (χ3v) is 2.93. The fourth-order valence-corrected chi connectivity index (χ4v) is 1.91. The van der Waals surface area contributed by atoms with Gasteiger partial charge in [-0.25, -0.2) is 0 Å². The summed E-state index contributed by atoms with van der Waals surface area (Å²) in [4.78, 5) is 52.2. The molecule has 0 radical (unpaired) electrons. The van der Waals surface area contributed by atoms with E-state index in [9.17, 15) is 19.2 Å². The summed E-state index contributed by atoms with van der Waals surface area (Å²) in [5.41, 5.74) is 1.43. The van der Waals surface area contributed by atoms with Crippen LogP contribution in [0.4, 0.5) is 11.4 Å². The number of nitrogens with one attached hydrogen (secondary N) is 2. The second kappa shape index (κ2) is 15.4. The standard InChI is InChI=1S/2C10H11NO2.C2H4O/c2*1-8(12)7-10(13)11-9-5-3-2-4-6-9;1-2-3/h2*2-6H,7H2,1H3,(H,11,13);2H,1H3. The van der Waals surface area contributed by atoms with Gasteiger partial charge in [-0.1, -0.05) is 36.4 Å². The lowest BCUT2D eigenvalue weighted by atomic mass is 10.2. The number of aldehydes is 1. The monoisotopic (exact) mass is 398 g/mol. The van der Waals surface area contributed by atoms with E-state index in [2.05, 4.69) is 10.6 Å². The maximum Gasteiger partial charge on any atom is 0.231 e. The molecule has 2 rings (SSSR count). The van der Waals surface area contributed by atoms with Crippen LogP contribution in [-0.4, -0.2) is 29.7 Å². The molecule has 0 saturated heterocycles. The second-order valence-electron chi connectivity index (χ2n) is 5.82. The average Bonchev–Trinajstić information content (AvgIpc) is 2.63. The first-order valence-electron chi connectivity index (χ1n) is 8.87. The number of hydrogen-bond donors (Lipinski definition) is 2. The molecule has 0 unspecified atom stereocenters. The predicted octanol–water partition coefficient (Wildman–Crippen LogP) is 3.41. The number of para-hydroxylation sites is 2. The number of carbonyl (C=O) groups is 5. The van der Waals surface area contributed by atoms with Crippen LogP contribution in [-0.2, 0) is 24.0 Å². The summed E-state index contributed by atoms with van der Waals surface area (Å²) in [5.74, 6) is -0.792. The maximum absolute atomic E-state index is 11.1. The summed E-state index contributed by atoms with van der Waals surface area (Å²) in [6, 6.07) is 18.1. The molecule has 2 amide bonds. The van der Waals surface area contributed by atoms with E-state index < -0.39 is 0 Å². The largest absolute Gasteiger partial charge is 0.326 e. The van der Waals surface area contributed by atoms with Gasteiger partial charge in [0.15, 0.2) is 0 Å². The van der Waals surface area contributed by atoms with Crippen LogP contribution in [0.1, 0.15) is 33.6 Å². The number of carbonyl (C=O) groups excluding carboxylic acids is 5. The quantitative estimate of drug-likeness (QED) is 0.572. The summed E-state index contributed by atoms with van der Waals surface area (Å²) in [7, 11) is 0. The van der Waals surface area contributed by atoms with Crippen LogP contribution in [0.15, 0.2) is 60.7 Å². The van der Waals surface area contributed by atoms with Crippen molar-refractivity contribution in [1.82, 2.24) is 0 Å². The van der Waals surface area contributed by atoms with Crippen LogP contribution in [0.3, 0.4) is 0 Å². The lowest BCUT2D eigenvalue weighted by Gasteiger charge is -2.01. The molecule has 7 heteroatoms. The van der Waals surface area contributed by atoms with Crippen molar-refractivity contribution in [3.8, 4) is 0 Å². The van der Waals surface area contributed by atoms with Crippen LogP contribution in [0, 0.1) is 0 Å². The van der Waals surface area contributed by atoms with E-state index in [-0.39, 0.29) is 36.2 Å². The van der Waals surface area contributed by atoms with Gasteiger partial charge in [0.1, 0.15) is 17.9 Å². The van der Waals surface area contributed by atoms with Gasteiger partial charge in [-0.05, 0) is 45.0 Å². The second-order valence-corrected chi connectivity index (χ2v) is 5.82. The summed E-state index contributed by atoms with van der Waals surface area (Å²) in [6.45, 7) is 4.23. The normalized spacial score (nSPS) is 8.79. The molecule has 0 spiro atoms. The Labute approximate surface area is 170 Å². The Balaban J connectivity index is 0.000000477. The molecular formula is C22H26N2O5. The topological polar surface area (TPSA) is 109 Å². The molecule has 29 heavy (non-hydrogen) atoms. The molecule has 0 fully saturated rings. The van der Waals surface area contributed by atoms with E-state index in [1.54, 1.807) is 24.3 Å². The Kier molecular flexibility index (Phi) is 13.5. The summed E-state index contributed by atoms with van der Waals surface area (Å²) in [6.07, 6.45) is 0.629. The zero-order chi connectivity index (χ0) is 22.1. The van der Waals surface area contributed by atoms with E-state index >= 15 is 0 Å². The van der Waals surface area contributed by atoms with Gasteiger partial charge in [0.2, 0.25) is 11.8 Å². The molecule has 0 heterocycles. The molecule has 7 nitrogen and oxygen atoms in total. The lowest BCUT2D eigenvalue weighted by Crippen LogP contribution is -2.14. The van der Waals surface area contributed by atoms with E-state index in [1.165, 1.54) is 20.8 Å². The molecular weight excluding hydrogens is 372 g/mol. The van der Waals surface area contributed by atoms with Crippen molar-refractivity contribution in [2.45, 2.75) is 33.6 Å². The van der Waals surface area contributed by atoms with Crippen LogP contribution in [0.25, 0.3) is 0 Å². The lowest BCUT2D eigenvalue weighted by molar-refractivity contribution is -0.125. The zero-order valence-corrected chi connectivity index (χ0v) is 16.8. The predicted molar refractivity (Wildman–Crippen MR) is 112 cm³/mol. The minimum Gasteiger partial charge on any atom is -0.326 e. The average molecular weight is 398 g/mol. The van der Waals surface area contributed by atoms with E-state index in [1.807, 2.05) is 36.4 Å². The number of ketones is 2. The highest BCUT2D eigenvalue weighted by Gasteiger charge is 2.04. The first-order valence-corrected chi connectivity index (χ1v) is 8.87. The fourth-order valence-electron chi connectivity index (χ4n) is 1.91.